The van der Waals surface area contributed by atoms with Gasteiger partial charge in [0.25, 0.3) is 5.91 Å². The van der Waals surface area contributed by atoms with Gasteiger partial charge in [-0.3, -0.25) is 9.59 Å². The molecule has 0 spiro atoms. The third-order valence-corrected chi connectivity index (χ3v) is 8.39. The van der Waals surface area contributed by atoms with Gasteiger partial charge < -0.3 is 19.7 Å². The number of benzene rings is 2. The zero-order chi connectivity index (χ0) is 28.9. The molecule has 6 nitrogen and oxygen atoms in total. The van der Waals surface area contributed by atoms with Crippen molar-refractivity contribution in [2.24, 2.45) is 11.3 Å². The van der Waals surface area contributed by atoms with Crippen LogP contribution in [-0.4, -0.2) is 42.0 Å². The number of hydrogen-bond acceptors (Lipinski definition) is 4. The Labute approximate surface area is 244 Å². The molecular weight excluding hydrogens is 524 g/mol. The minimum absolute atomic E-state index is 0.0132. The van der Waals surface area contributed by atoms with E-state index in [1.165, 1.54) is 0 Å². The number of ether oxygens (including phenoxy) is 2. The minimum Gasteiger partial charge on any atom is -0.494 e. The number of nitrogens with zero attached hydrogens (tertiary/aromatic N) is 1. The van der Waals surface area contributed by atoms with Gasteiger partial charge in [0.15, 0.2) is 5.76 Å². The molecule has 2 aliphatic rings. The Bertz CT molecular complexity index is 1190. The highest BCUT2D eigenvalue weighted by Gasteiger charge is 2.46. The summed E-state index contributed by atoms with van der Waals surface area (Å²) in [5.41, 5.74) is 1.92. The van der Waals surface area contributed by atoms with E-state index in [2.05, 4.69) is 33.0 Å². The zero-order valence-corrected chi connectivity index (χ0v) is 25.2. The molecule has 0 bridgehead atoms. The van der Waals surface area contributed by atoms with E-state index in [1.807, 2.05) is 43.3 Å². The molecule has 1 aliphatic heterocycles. The predicted octanol–water partition coefficient (Wildman–Crippen LogP) is 7.18. The average molecular weight is 567 g/mol. The Morgan fingerprint density at radius 3 is 2.50 bits per heavy atom. The lowest BCUT2D eigenvalue weighted by molar-refractivity contribution is -0.154. The minimum atomic E-state index is -0.248. The summed E-state index contributed by atoms with van der Waals surface area (Å²) in [5.74, 6) is 1.11. The van der Waals surface area contributed by atoms with Crippen molar-refractivity contribution in [2.75, 3.05) is 13.2 Å². The fraction of sp³-hybridized carbons (Fsp3) is 0.515. The highest BCUT2D eigenvalue weighted by atomic mass is 35.5. The number of carbonyl (C=O) groups is 2. The van der Waals surface area contributed by atoms with Gasteiger partial charge in [-0.2, -0.15) is 0 Å². The Hall–Kier alpha value is -2.99. The van der Waals surface area contributed by atoms with Crippen LogP contribution in [0.3, 0.4) is 0 Å². The molecule has 1 heterocycles. The molecule has 4 unspecified atom stereocenters. The lowest BCUT2D eigenvalue weighted by Crippen LogP contribution is -2.58. The largest absolute Gasteiger partial charge is 0.494 e. The van der Waals surface area contributed by atoms with Crippen molar-refractivity contribution in [2.45, 2.75) is 84.9 Å². The molecule has 1 aliphatic carbocycles. The standard InChI is InChI=1S/C33H43ClN2O4/c1-6-7-18-39-27-15-10-24(11-16-27)22(2)35-31(37)21-36-28-20-25(33(3,4)5)12-17-29(28)40-30(32(36)38)19-23-8-13-26(34)14-9-23/h8-11,13-16,19,22,25,28-29H,6-7,12,17-18,20-21H2,1-5H3,(H,35,37)/b30-19+. The van der Waals surface area contributed by atoms with Gasteiger partial charge in [-0.15, -0.1) is 0 Å². The van der Waals surface area contributed by atoms with E-state index >= 15 is 0 Å². The van der Waals surface area contributed by atoms with Crippen molar-refractivity contribution in [3.05, 3.63) is 70.4 Å². The summed E-state index contributed by atoms with van der Waals surface area (Å²) in [6.45, 7) is 11.5. The second kappa shape index (κ2) is 13.1. The van der Waals surface area contributed by atoms with Gasteiger partial charge >= 0.3 is 0 Å². The van der Waals surface area contributed by atoms with Gasteiger partial charge in [0, 0.05) is 5.02 Å². The summed E-state index contributed by atoms with van der Waals surface area (Å²) in [5, 5.41) is 3.72. The summed E-state index contributed by atoms with van der Waals surface area (Å²) < 4.78 is 12.1. The van der Waals surface area contributed by atoms with E-state index in [4.69, 9.17) is 21.1 Å². The highest BCUT2D eigenvalue weighted by Crippen LogP contribution is 2.43. The summed E-state index contributed by atoms with van der Waals surface area (Å²) in [7, 11) is 0. The third kappa shape index (κ3) is 7.60. The molecule has 1 saturated heterocycles. The van der Waals surface area contributed by atoms with Crippen molar-refractivity contribution < 1.29 is 19.1 Å². The molecular formula is C33H43ClN2O4. The van der Waals surface area contributed by atoms with Crippen LogP contribution < -0.4 is 10.1 Å². The second-order valence-electron chi connectivity index (χ2n) is 12.2. The summed E-state index contributed by atoms with van der Waals surface area (Å²) >= 11 is 6.05. The highest BCUT2D eigenvalue weighted by molar-refractivity contribution is 6.30. The lowest BCUT2D eigenvalue weighted by atomic mass is 9.69. The normalized spacial score (nSPS) is 22.9. The number of hydrogen-bond donors (Lipinski definition) is 1. The van der Waals surface area contributed by atoms with Gasteiger partial charge in [0.1, 0.15) is 18.4 Å². The van der Waals surface area contributed by atoms with E-state index in [9.17, 15) is 9.59 Å². The Balaban J connectivity index is 1.49. The number of nitrogens with one attached hydrogen (secondary N) is 1. The lowest BCUT2D eigenvalue weighted by Gasteiger charge is -2.48. The predicted molar refractivity (Wildman–Crippen MR) is 160 cm³/mol. The SMILES string of the molecule is CCCCOc1ccc(C(C)NC(=O)CN2C(=O)/C(=C\c3ccc(Cl)cc3)OC3CCC(C(C)(C)C)CC32)cc1. The first-order valence-electron chi connectivity index (χ1n) is 14.5. The van der Waals surface area contributed by atoms with Crippen LogP contribution in [-0.2, 0) is 14.3 Å². The molecule has 2 aromatic carbocycles. The van der Waals surface area contributed by atoms with Crippen LogP contribution in [0.2, 0.25) is 5.02 Å². The number of amides is 2. The fourth-order valence-electron chi connectivity index (χ4n) is 5.58. The number of halogens is 1. The van der Waals surface area contributed by atoms with Gasteiger partial charge in [0.2, 0.25) is 5.91 Å². The molecule has 1 N–H and O–H groups in total. The number of fused-ring (bicyclic) bond motifs is 1. The molecule has 1 saturated carbocycles. The smallest absolute Gasteiger partial charge is 0.289 e. The molecule has 40 heavy (non-hydrogen) atoms. The first-order valence-corrected chi connectivity index (χ1v) is 14.9. The number of carbonyl (C=O) groups excluding carboxylic acids is 2. The maximum atomic E-state index is 13.8. The van der Waals surface area contributed by atoms with Gasteiger partial charge in [-0.1, -0.05) is 70.0 Å². The molecule has 0 aromatic heterocycles. The molecule has 2 fully saturated rings. The van der Waals surface area contributed by atoms with Crippen LogP contribution in [0.4, 0.5) is 0 Å². The fourth-order valence-corrected chi connectivity index (χ4v) is 5.71. The zero-order valence-electron chi connectivity index (χ0n) is 24.4. The Morgan fingerprint density at radius 1 is 1.15 bits per heavy atom. The van der Waals surface area contributed by atoms with E-state index in [0.717, 1.165) is 49.0 Å². The summed E-state index contributed by atoms with van der Waals surface area (Å²) in [6, 6.07) is 14.8. The Kier molecular flexibility index (Phi) is 9.83. The maximum Gasteiger partial charge on any atom is 0.289 e. The number of morpholine rings is 1. The third-order valence-electron chi connectivity index (χ3n) is 8.14. The van der Waals surface area contributed by atoms with Crippen molar-refractivity contribution in [1.82, 2.24) is 10.2 Å². The topological polar surface area (TPSA) is 67.9 Å². The van der Waals surface area contributed by atoms with Gasteiger partial charge in [0.05, 0.1) is 18.7 Å². The molecule has 216 valence electrons. The quantitative estimate of drug-likeness (QED) is 0.258. The van der Waals surface area contributed by atoms with Crippen LogP contribution in [0.5, 0.6) is 5.75 Å². The summed E-state index contributed by atoms with van der Waals surface area (Å²) in [6.07, 6.45) is 6.41. The molecule has 4 atom stereocenters. The van der Waals surface area contributed by atoms with Crippen molar-refractivity contribution in [1.29, 1.82) is 0 Å². The maximum absolute atomic E-state index is 13.8. The van der Waals surface area contributed by atoms with Crippen LogP contribution in [0.1, 0.15) is 83.9 Å². The van der Waals surface area contributed by atoms with E-state index < -0.39 is 0 Å². The summed E-state index contributed by atoms with van der Waals surface area (Å²) in [4.78, 5) is 28.8. The number of unbranched alkanes of at least 4 members (excludes halogenated alkanes) is 1. The van der Waals surface area contributed by atoms with Crippen LogP contribution in [0.15, 0.2) is 54.3 Å². The van der Waals surface area contributed by atoms with Crippen molar-refractivity contribution in [3.63, 3.8) is 0 Å². The Morgan fingerprint density at radius 2 is 1.85 bits per heavy atom. The van der Waals surface area contributed by atoms with Crippen molar-refractivity contribution in [3.8, 4) is 5.75 Å². The van der Waals surface area contributed by atoms with Crippen LogP contribution >= 0.6 is 11.6 Å². The molecule has 2 aromatic rings. The molecule has 0 radical (unpaired) electrons. The van der Waals surface area contributed by atoms with Gasteiger partial charge in [-0.25, -0.2) is 0 Å². The molecule has 2 amide bonds. The second-order valence-corrected chi connectivity index (χ2v) is 12.6. The molecule has 4 rings (SSSR count). The van der Waals surface area contributed by atoms with E-state index in [1.54, 1.807) is 23.1 Å². The molecule has 7 heteroatoms. The first-order chi connectivity index (χ1) is 19.0. The van der Waals surface area contributed by atoms with Crippen LogP contribution in [0, 0.1) is 11.3 Å². The van der Waals surface area contributed by atoms with Gasteiger partial charge in [-0.05, 0) is 85.4 Å². The number of rotatable bonds is 9. The van der Waals surface area contributed by atoms with E-state index in [-0.39, 0.29) is 47.7 Å². The van der Waals surface area contributed by atoms with Crippen molar-refractivity contribution >= 4 is 29.5 Å². The monoisotopic (exact) mass is 566 g/mol. The average Bonchev–Trinajstić information content (AvgIpc) is 2.92. The van der Waals surface area contributed by atoms with E-state index in [0.29, 0.717) is 17.5 Å². The first kappa shape index (κ1) is 30.0. The van der Waals surface area contributed by atoms with Crippen LogP contribution in [0.25, 0.3) is 6.08 Å².